The summed E-state index contributed by atoms with van der Waals surface area (Å²) in [7, 11) is 0. The fourth-order valence-corrected chi connectivity index (χ4v) is 1.63. The average molecular weight is 232 g/mol. The number of hydrogen-bond acceptors (Lipinski definition) is 1. The van der Waals surface area contributed by atoms with Crippen molar-refractivity contribution >= 4 is 28.8 Å². The van der Waals surface area contributed by atoms with Crippen molar-refractivity contribution in [1.82, 2.24) is 4.98 Å². The van der Waals surface area contributed by atoms with Crippen LogP contribution in [0.15, 0.2) is 24.4 Å². The van der Waals surface area contributed by atoms with Gasteiger partial charge in [-0.05, 0) is 12.1 Å². The lowest BCUT2D eigenvalue weighted by molar-refractivity contribution is 0.112. The monoisotopic (exact) mass is 231 g/mol. The quantitative estimate of drug-likeness (QED) is 0.481. The van der Waals surface area contributed by atoms with Gasteiger partial charge >= 0.3 is 0 Å². The van der Waals surface area contributed by atoms with Gasteiger partial charge in [-0.3, -0.25) is 4.79 Å². The number of rotatable bonds is 2. The van der Waals surface area contributed by atoms with E-state index < -0.39 is 0 Å². The molecule has 0 fully saturated rings. The molecule has 2 rings (SSSR count). The van der Waals surface area contributed by atoms with Crippen LogP contribution < -0.4 is 0 Å². The smallest absolute Gasteiger partial charge is 0.152 e. The Bertz CT molecular complexity index is 574. The standard InChI is InChI=1S/C13H10ClNO/c14-6-2-1-3-10-4-5-12-11(9-16)8-15-13(12)7-10/h4-5,7-9,15H,2,6H2. The van der Waals surface area contributed by atoms with E-state index in [0.29, 0.717) is 17.9 Å². The van der Waals surface area contributed by atoms with Crippen LogP contribution in [-0.2, 0) is 0 Å². The molecule has 0 amide bonds. The molecule has 16 heavy (non-hydrogen) atoms. The summed E-state index contributed by atoms with van der Waals surface area (Å²) >= 11 is 5.54. The third-order valence-electron chi connectivity index (χ3n) is 2.29. The molecule has 0 spiro atoms. The third kappa shape index (κ3) is 2.10. The van der Waals surface area contributed by atoms with Crippen LogP contribution in [0.2, 0.25) is 0 Å². The molecule has 0 saturated heterocycles. The summed E-state index contributed by atoms with van der Waals surface area (Å²) in [5, 5.41) is 0.929. The molecule has 0 aliphatic rings. The van der Waals surface area contributed by atoms with Gasteiger partial charge in [0.1, 0.15) is 0 Å². The molecule has 80 valence electrons. The molecule has 1 heterocycles. The molecule has 0 radical (unpaired) electrons. The highest BCUT2D eigenvalue weighted by molar-refractivity contribution is 6.18. The van der Waals surface area contributed by atoms with Gasteiger partial charge in [0.05, 0.1) is 0 Å². The first-order valence-corrected chi connectivity index (χ1v) is 5.50. The summed E-state index contributed by atoms with van der Waals surface area (Å²) in [4.78, 5) is 13.8. The van der Waals surface area contributed by atoms with Crippen molar-refractivity contribution in [2.75, 3.05) is 5.88 Å². The van der Waals surface area contributed by atoms with E-state index in [1.807, 2.05) is 18.2 Å². The van der Waals surface area contributed by atoms with Gasteiger partial charge in [0.15, 0.2) is 6.29 Å². The minimum atomic E-state index is 0.549. The van der Waals surface area contributed by atoms with Crippen molar-refractivity contribution in [3.63, 3.8) is 0 Å². The van der Waals surface area contributed by atoms with Gasteiger partial charge in [-0.15, -0.1) is 11.6 Å². The summed E-state index contributed by atoms with van der Waals surface area (Å²) < 4.78 is 0. The molecule has 3 heteroatoms. The first-order chi connectivity index (χ1) is 7.85. The second-order valence-corrected chi connectivity index (χ2v) is 3.74. The molecule has 0 aliphatic heterocycles. The van der Waals surface area contributed by atoms with Crippen LogP contribution in [0.4, 0.5) is 0 Å². The van der Waals surface area contributed by atoms with Crippen molar-refractivity contribution in [3.8, 4) is 11.8 Å². The van der Waals surface area contributed by atoms with E-state index in [1.165, 1.54) is 0 Å². The number of aldehydes is 1. The van der Waals surface area contributed by atoms with Crippen LogP contribution in [0.3, 0.4) is 0 Å². The number of nitrogens with one attached hydrogen (secondary N) is 1. The van der Waals surface area contributed by atoms with E-state index >= 15 is 0 Å². The number of hydrogen-bond donors (Lipinski definition) is 1. The number of carbonyl (C=O) groups is 1. The molecule has 0 bridgehead atoms. The highest BCUT2D eigenvalue weighted by Crippen LogP contribution is 2.17. The number of halogens is 1. The predicted molar refractivity (Wildman–Crippen MR) is 65.9 cm³/mol. The lowest BCUT2D eigenvalue weighted by atomic mass is 10.1. The Morgan fingerprint density at radius 3 is 3.06 bits per heavy atom. The second-order valence-electron chi connectivity index (χ2n) is 3.36. The van der Waals surface area contributed by atoms with E-state index in [2.05, 4.69) is 16.8 Å². The number of aromatic amines is 1. The Morgan fingerprint density at radius 2 is 2.31 bits per heavy atom. The molecule has 0 unspecified atom stereocenters. The van der Waals surface area contributed by atoms with Gasteiger partial charge in [0.2, 0.25) is 0 Å². The van der Waals surface area contributed by atoms with E-state index in [4.69, 9.17) is 11.6 Å². The van der Waals surface area contributed by atoms with Crippen LogP contribution in [0.1, 0.15) is 22.3 Å². The largest absolute Gasteiger partial charge is 0.360 e. The molecule has 0 atom stereocenters. The molecular formula is C13H10ClNO. The third-order valence-corrected chi connectivity index (χ3v) is 2.48. The number of fused-ring (bicyclic) bond motifs is 1. The van der Waals surface area contributed by atoms with Crippen LogP contribution in [0.25, 0.3) is 10.9 Å². The van der Waals surface area contributed by atoms with Crippen molar-refractivity contribution < 1.29 is 4.79 Å². The average Bonchev–Trinajstić information content (AvgIpc) is 2.71. The van der Waals surface area contributed by atoms with Crippen LogP contribution in [0.5, 0.6) is 0 Å². The fraction of sp³-hybridized carbons (Fsp3) is 0.154. The maximum absolute atomic E-state index is 10.7. The zero-order valence-corrected chi connectivity index (χ0v) is 9.34. The lowest BCUT2D eigenvalue weighted by Gasteiger charge is -1.92. The Hall–Kier alpha value is -1.72. The fourth-order valence-electron chi connectivity index (χ4n) is 1.54. The number of alkyl halides is 1. The van der Waals surface area contributed by atoms with Gasteiger partial charge in [-0.2, -0.15) is 0 Å². The highest BCUT2D eigenvalue weighted by atomic mass is 35.5. The molecule has 2 aromatic rings. The lowest BCUT2D eigenvalue weighted by Crippen LogP contribution is -1.77. The van der Waals surface area contributed by atoms with Crippen LogP contribution in [0, 0.1) is 11.8 Å². The number of benzene rings is 1. The van der Waals surface area contributed by atoms with E-state index in [1.54, 1.807) is 6.20 Å². The van der Waals surface area contributed by atoms with E-state index in [9.17, 15) is 4.79 Å². The molecule has 1 aromatic heterocycles. The van der Waals surface area contributed by atoms with Crippen LogP contribution >= 0.6 is 11.6 Å². The zero-order valence-electron chi connectivity index (χ0n) is 8.59. The maximum Gasteiger partial charge on any atom is 0.152 e. The Balaban J connectivity index is 2.39. The van der Waals surface area contributed by atoms with Gasteiger partial charge < -0.3 is 4.98 Å². The summed E-state index contributed by atoms with van der Waals surface area (Å²) in [5.74, 6) is 6.54. The number of carbonyl (C=O) groups excluding carboxylic acids is 1. The Labute approximate surface area is 98.6 Å². The molecule has 0 saturated carbocycles. The van der Waals surface area contributed by atoms with Crippen LogP contribution in [-0.4, -0.2) is 17.2 Å². The molecule has 1 aromatic carbocycles. The highest BCUT2D eigenvalue weighted by Gasteiger charge is 2.01. The van der Waals surface area contributed by atoms with Crippen molar-refractivity contribution in [2.24, 2.45) is 0 Å². The van der Waals surface area contributed by atoms with Gasteiger partial charge in [-0.25, -0.2) is 0 Å². The molecular weight excluding hydrogens is 222 g/mol. The molecule has 0 aliphatic carbocycles. The Kier molecular flexibility index (Phi) is 3.28. The van der Waals surface area contributed by atoms with Gasteiger partial charge in [0.25, 0.3) is 0 Å². The summed E-state index contributed by atoms with van der Waals surface area (Å²) in [6.45, 7) is 0. The topological polar surface area (TPSA) is 32.9 Å². The SMILES string of the molecule is O=Cc1c[nH]c2cc(C#CCCCl)ccc12. The normalized spacial score (nSPS) is 9.81. The summed E-state index contributed by atoms with van der Waals surface area (Å²) in [6.07, 6.45) is 3.23. The first-order valence-electron chi connectivity index (χ1n) is 4.96. The van der Waals surface area contributed by atoms with E-state index in [0.717, 1.165) is 22.8 Å². The van der Waals surface area contributed by atoms with Crippen molar-refractivity contribution in [2.45, 2.75) is 6.42 Å². The summed E-state index contributed by atoms with van der Waals surface area (Å²) in [6, 6.07) is 5.74. The molecule has 1 N–H and O–H groups in total. The van der Waals surface area contributed by atoms with Gasteiger partial charge in [-0.1, -0.05) is 17.9 Å². The first kappa shape index (κ1) is 10.8. The number of aromatic nitrogens is 1. The van der Waals surface area contributed by atoms with E-state index in [-0.39, 0.29) is 0 Å². The summed E-state index contributed by atoms with van der Waals surface area (Å²) in [5.41, 5.74) is 2.53. The minimum Gasteiger partial charge on any atom is -0.360 e. The van der Waals surface area contributed by atoms with Gasteiger partial charge in [0, 0.05) is 40.5 Å². The minimum absolute atomic E-state index is 0.549. The molecule has 2 nitrogen and oxygen atoms in total. The second kappa shape index (κ2) is 4.87. The van der Waals surface area contributed by atoms with Crippen molar-refractivity contribution in [3.05, 3.63) is 35.5 Å². The predicted octanol–water partition coefficient (Wildman–Crippen LogP) is 2.96. The number of H-pyrrole nitrogens is 1. The maximum atomic E-state index is 10.7. The zero-order chi connectivity index (χ0) is 11.4. The van der Waals surface area contributed by atoms with Crippen molar-refractivity contribution in [1.29, 1.82) is 0 Å². The Morgan fingerprint density at radius 1 is 1.44 bits per heavy atom.